The van der Waals surface area contributed by atoms with Crippen LogP contribution in [-0.4, -0.2) is 18.5 Å². The molecule has 0 aliphatic rings. The second-order valence-electron chi connectivity index (χ2n) is 5.42. The zero-order valence-corrected chi connectivity index (χ0v) is 12.5. The van der Waals surface area contributed by atoms with Crippen molar-refractivity contribution < 1.29 is 4.79 Å². The Kier molecular flexibility index (Phi) is 6.40. The Balaban J connectivity index is 2.62. The molecule has 3 nitrogen and oxygen atoms in total. The molecule has 0 aliphatic heterocycles. The highest BCUT2D eigenvalue weighted by Crippen LogP contribution is 2.15. The minimum atomic E-state index is 0.00723. The minimum absolute atomic E-state index is 0.00723. The van der Waals surface area contributed by atoms with Crippen molar-refractivity contribution in [2.24, 2.45) is 5.92 Å². The molecule has 0 aromatic heterocycles. The summed E-state index contributed by atoms with van der Waals surface area (Å²) in [5.41, 5.74) is 1.62. The topological polar surface area (TPSA) is 41.1 Å². The van der Waals surface area contributed by atoms with E-state index in [1.807, 2.05) is 31.2 Å². The first-order valence-corrected chi connectivity index (χ1v) is 7.18. The van der Waals surface area contributed by atoms with Gasteiger partial charge in [-0.25, -0.2) is 0 Å². The third kappa shape index (κ3) is 5.33. The fourth-order valence-corrected chi connectivity index (χ4v) is 1.98. The van der Waals surface area contributed by atoms with E-state index in [9.17, 15) is 4.79 Å². The van der Waals surface area contributed by atoms with Gasteiger partial charge in [-0.2, -0.15) is 0 Å². The molecule has 1 aromatic rings. The van der Waals surface area contributed by atoms with Crippen LogP contribution in [0.2, 0.25) is 0 Å². The number of hydrogen-bond acceptors (Lipinski definition) is 2. The van der Waals surface area contributed by atoms with Crippen LogP contribution in [0, 0.1) is 5.92 Å². The molecule has 1 unspecified atom stereocenters. The van der Waals surface area contributed by atoms with Crippen molar-refractivity contribution in [2.75, 3.05) is 11.9 Å². The average Bonchev–Trinajstić information content (AvgIpc) is 2.37. The van der Waals surface area contributed by atoms with E-state index in [0.29, 0.717) is 5.92 Å². The number of anilines is 1. The monoisotopic (exact) mass is 262 g/mol. The van der Waals surface area contributed by atoms with Gasteiger partial charge in [-0.05, 0) is 44.7 Å². The molecule has 0 fully saturated rings. The smallest absolute Gasteiger partial charge is 0.253 e. The Morgan fingerprint density at radius 3 is 2.47 bits per heavy atom. The molecule has 1 aromatic carbocycles. The Morgan fingerprint density at radius 2 is 1.84 bits per heavy atom. The lowest BCUT2D eigenvalue weighted by atomic mass is 10.0. The predicted octanol–water partition coefficient (Wildman–Crippen LogP) is 3.67. The van der Waals surface area contributed by atoms with Crippen LogP contribution in [0.15, 0.2) is 24.3 Å². The molecule has 0 radical (unpaired) electrons. The lowest BCUT2D eigenvalue weighted by Gasteiger charge is -2.17. The van der Waals surface area contributed by atoms with Gasteiger partial charge in [0.1, 0.15) is 0 Å². The molecule has 106 valence electrons. The summed E-state index contributed by atoms with van der Waals surface area (Å²) in [7, 11) is 0. The molecule has 1 atom stereocenters. The van der Waals surface area contributed by atoms with Gasteiger partial charge in [0.25, 0.3) is 5.91 Å². The molecule has 3 heteroatoms. The zero-order chi connectivity index (χ0) is 14.3. The van der Waals surface area contributed by atoms with Gasteiger partial charge in [-0.1, -0.05) is 26.0 Å². The zero-order valence-electron chi connectivity index (χ0n) is 12.5. The van der Waals surface area contributed by atoms with Crippen molar-refractivity contribution >= 4 is 11.6 Å². The number of carbonyl (C=O) groups is 1. The molecule has 0 saturated carbocycles. The summed E-state index contributed by atoms with van der Waals surface area (Å²) < 4.78 is 0. The average molecular weight is 262 g/mol. The van der Waals surface area contributed by atoms with Gasteiger partial charge in [0.15, 0.2) is 0 Å². The van der Waals surface area contributed by atoms with Crippen LogP contribution in [0.3, 0.4) is 0 Å². The summed E-state index contributed by atoms with van der Waals surface area (Å²) in [6, 6.07) is 7.86. The number of benzene rings is 1. The molecule has 19 heavy (non-hydrogen) atoms. The van der Waals surface area contributed by atoms with Gasteiger partial charge in [-0.3, -0.25) is 4.79 Å². The first-order chi connectivity index (χ1) is 9.04. The maximum atomic E-state index is 12.2. The SMILES string of the molecule is CCNc1ccccc1C(=O)NC(C)CCC(C)C. The van der Waals surface area contributed by atoms with Crippen LogP contribution in [0.4, 0.5) is 5.69 Å². The van der Waals surface area contributed by atoms with Crippen LogP contribution < -0.4 is 10.6 Å². The van der Waals surface area contributed by atoms with Crippen LogP contribution >= 0.6 is 0 Å². The predicted molar refractivity (Wildman–Crippen MR) is 81.6 cm³/mol. The molecule has 1 rings (SSSR count). The van der Waals surface area contributed by atoms with E-state index in [4.69, 9.17) is 0 Å². The second kappa shape index (κ2) is 7.82. The van der Waals surface area contributed by atoms with Crippen molar-refractivity contribution in [1.82, 2.24) is 5.32 Å². The Bertz CT molecular complexity index is 401. The second-order valence-corrected chi connectivity index (χ2v) is 5.42. The normalized spacial score (nSPS) is 12.3. The van der Waals surface area contributed by atoms with E-state index < -0.39 is 0 Å². The molecule has 0 aliphatic carbocycles. The molecule has 1 amide bonds. The van der Waals surface area contributed by atoms with Gasteiger partial charge in [0, 0.05) is 18.3 Å². The highest BCUT2D eigenvalue weighted by Gasteiger charge is 2.13. The summed E-state index contributed by atoms with van der Waals surface area (Å²) in [6.07, 6.45) is 2.16. The quantitative estimate of drug-likeness (QED) is 0.787. The molecule has 0 spiro atoms. The van der Waals surface area contributed by atoms with Crippen molar-refractivity contribution in [1.29, 1.82) is 0 Å². The van der Waals surface area contributed by atoms with E-state index >= 15 is 0 Å². The van der Waals surface area contributed by atoms with Gasteiger partial charge in [0.05, 0.1) is 5.56 Å². The molecule has 0 heterocycles. The van der Waals surface area contributed by atoms with Crippen molar-refractivity contribution in [3.05, 3.63) is 29.8 Å². The number of para-hydroxylation sites is 1. The van der Waals surface area contributed by atoms with Gasteiger partial charge in [-0.15, -0.1) is 0 Å². The molecular formula is C16H26N2O. The van der Waals surface area contributed by atoms with E-state index in [-0.39, 0.29) is 11.9 Å². The summed E-state index contributed by atoms with van der Waals surface area (Å²) in [5.74, 6) is 0.682. The number of rotatable bonds is 7. The largest absolute Gasteiger partial charge is 0.385 e. The van der Waals surface area contributed by atoms with Crippen molar-refractivity contribution in [3.63, 3.8) is 0 Å². The number of amides is 1. The first kappa shape index (κ1) is 15.5. The Labute approximate surface area is 116 Å². The van der Waals surface area contributed by atoms with Crippen molar-refractivity contribution in [2.45, 2.75) is 46.6 Å². The summed E-state index contributed by atoms with van der Waals surface area (Å²) in [4.78, 5) is 12.2. The highest BCUT2D eigenvalue weighted by molar-refractivity contribution is 5.99. The Morgan fingerprint density at radius 1 is 1.16 bits per heavy atom. The van der Waals surface area contributed by atoms with E-state index in [1.165, 1.54) is 0 Å². The summed E-state index contributed by atoms with van der Waals surface area (Å²) in [5, 5.41) is 6.29. The lowest BCUT2D eigenvalue weighted by Crippen LogP contribution is -2.33. The molecule has 0 saturated heterocycles. The van der Waals surface area contributed by atoms with E-state index in [1.54, 1.807) is 0 Å². The number of nitrogens with one attached hydrogen (secondary N) is 2. The molecule has 0 bridgehead atoms. The summed E-state index contributed by atoms with van der Waals surface area (Å²) in [6.45, 7) is 9.31. The third-order valence-corrected chi connectivity index (χ3v) is 3.09. The molecular weight excluding hydrogens is 236 g/mol. The van der Waals surface area contributed by atoms with Crippen LogP contribution in [0.1, 0.15) is 50.9 Å². The number of hydrogen-bond donors (Lipinski definition) is 2. The van der Waals surface area contributed by atoms with Crippen LogP contribution in [0.25, 0.3) is 0 Å². The van der Waals surface area contributed by atoms with Gasteiger partial charge >= 0.3 is 0 Å². The standard InChI is InChI=1S/C16H26N2O/c1-5-17-15-9-7-6-8-14(15)16(19)18-13(4)11-10-12(2)3/h6-9,12-13,17H,5,10-11H2,1-4H3,(H,18,19). The van der Waals surface area contributed by atoms with Crippen LogP contribution in [-0.2, 0) is 0 Å². The highest BCUT2D eigenvalue weighted by atomic mass is 16.1. The minimum Gasteiger partial charge on any atom is -0.385 e. The fourth-order valence-electron chi connectivity index (χ4n) is 1.98. The summed E-state index contributed by atoms with van der Waals surface area (Å²) >= 11 is 0. The van der Waals surface area contributed by atoms with Gasteiger partial charge in [0.2, 0.25) is 0 Å². The maximum Gasteiger partial charge on any atom is 0.253 e. The van der Waals surface area contributed by atoms with E-state index in [0.717, 1.165) is 30.6 Å². The Hall–Kier alpha value is -1.51. The van der Waals surface area contributed by atoms with E-state index in [2.05, 4.69) is 31.4 Å². The third-order valence-electron chi connectivity index (χ3n) is 3.09. The van der Waals surface area contributed by atoms with Crippen molar-refractivity contribution in [3.8, 4) is 0 Å². The van der Waals surface area contributed by atoms with Gasteiger partial charge < -0.3 is 10.6 Å². The van der Waals surface area contributed by atoms with Crippen LogP contribution in [0.5, 0.6) is 0 Å². The first-order valence-electron chi connectivity index (χ1n) is 7.18. The molecule has 2 N–H and O–H groups in total. The fraction of sp³-hybridized carbons (Fsp3) is 0.562. The lowest BCUT2D eigenvalue weighted by molar-refractivity contribution is 0.0938. The number of carbonyl (C=O) groups excluding carboxylic acids is 1. The maximum absolute atomic E-state index is 12.2.